The molecule has 0 spiro atoms. The predicted molar refractivity (Wildman–Crippen MR) is 141 cm³/mol. The Morgan fingerprint density at radius 1 is 1.08 bits per heavy atom. The smallest absolute Gasteiger partial charge is 0.407 e. The molecule has 2 heterocycles. The number of amides is 1. The Hall–Kier alpha value is -4.77. The van der Waals surface area contributed by atoms with Crippen LogP contribution in [0, 0.1) is 5.82 Å². The van der Waals surface area contributed by atoms with E-state index in [9.17, 15) is 9.18 Å². The van der Waals surface area contributed by atoms with Gasteiger partial charge in [0.1, 0.15) is 17.1 Å². The molecule has 5 N–H and O–H groups in total. The highest BCUT2D eigenvalue weighted by Gasteiger charge is 2.22. The number of para-hydroxylation sites is 1. The minimum Gasteiger partial charge on any atom is -0.444 e. The Kier molecular flexibility index (Phi) is 7.68. The molecule has 0 bridgehead atoms. The van der Waals surface area contributed by atoms with Gasteiger partial charge in [-0.15, -0.1) is 0 Å². The number of anilines is 1. The largest absolute Gasteiger partial charge is 0.444 e. The fourth-order valence-electron chi connectivity index (χ4n) is 3.51. The molecule has 4 aromatic rings. The van der Waals surface area contributed by atoms with Gasteiger partial charge in [0.25, 0.3) is 5.89 Å². The molecule has 2 aromatic heterocycles. The summed E-state index contributed by atoms with van der Waals surface area (Å²) in [6.45, 7) is 5.69. The van der Waals surface area contributed by atoms with E-state index in [1.54, 1.807) is 69.6 Å². The molecule has 2 aromatic carbocycles. The number of alkyl carbamates (subject to hydrolysis) is 1. The van der Waals surface area contributed by atoms with Gasteiger partial charge in [0.2, 0.25) is 5.82 Å². The average Bonchev–Trinajstić information content (AvgIpc) is 3.38. The Morgan fingerprint density at radius 2 is 1.76 bits per heavy atom. The lowest BCUT2D eigenvalue weighted by molar-refractivity contribution is 0.0523. The number of aromatic nitrogens is 3. The summed E-state index contributed by atoms with van der Waals surface area (Å²) >= 11 is 0. The van der Waals surface area contributed by atoms with E-state index in [1.807, 2.05) is 12.1 Å². The number of ether oxygens (including phenoxy) is 1. The van der Waals surface area contributed by atoms with Gasteiger partial charge < -0.3 is 20.3 Å². The van der Waals surface area contributed by atoms with Crippen LogP contribution in [-0.2, 0) is 11.3 Å². The first-order chi connectivity index (χ1) is 18.1. The molecule has 0 aliphatic carbocycles. The molecule has 0 fully saturated rings. The molecular formula is C27H28FN7O3. The summed E-state index contributed by atoms with van der Waals surface area (Å²) in [6, 6.07) is 16.7. The second-order valence-electron chi connectivity index (χ2n) is 9.30. The molecule has 0 unspecified atom stereocenters. The van der Waals surface area contributed by atoms with Crippen LogP contribution < -0.4 is 21.9 Å². The lowest BCUT2D eigenvalue weighted by atomic mass is 10.1. The van der Waals surface area contributed by atoms with Crippen LogP contribution in [-0.4, -0.2) is 26.8 Å². The van der Waals surface area contributed by atoms with Crippen LogP contribution in [0.4, 0.5) is 14.9 Å². The van der Waals surface area contributed by atoms with E-state index in [2.05, 4.69) is 20.4 Å². The van der Waals surface area contributed by atoms with Gasteiger partial charge in [-0.3, -0.25) is 9.99 Å². The third kappa shape index (κ3) is 6.31. The minimum atomic E-state index is -0.575. The second-order valence-corrected chi connectivity index (χ2v) is 9.30. The summed E-state index contributed by atoms with van der Waals surface area (Å²) in [7, 11) is 0. The van der Waals surface area contributed by atoms with Gasteiger partial charge in [-0.25, -0.2) is 15.0 Å². The van der Waals surface area contributed by atoms with Gasteiger partial charge in [-0.05, 0) is 50.6 Å². The Morgan fingerprint density at radius 3 is 2.42 bits per heavy atom. The van der Waals surface area contributed by atoms with Crippen molar-refractivity contribution in [3.8, 4) is 11.4 Å². The van der Waals surface area contributed by atoms with Crippen molar-refractivity contribution in [3.63, 3.8) is 0 Å². The van der Waals surface area contributed by atoms with Gasteiger partial charge in [0.05, 0.1) is 11.4 Å². The van der Waals surface area contributed by atoms with Crippen LogP contribution in [0.3, 0.4) is 0 Å². The fourth-order valence-corrected chi connectivity index (χ4v) is 3.51. The van der Waals surface area contributed by atoms with Crippen molar-refractivity contribution in [1.82, 2.24) is 20.4 Å². The summed E-state index contributed by atoms with van der Waals surface area (Å²) in [5, 5.41) is 7.89. The summed E-state index contributed by atoms with van der Waals surface area (Å²) in [5.74, 6) is 6.11. The minimum absolute atomic E-state index is 0.00858. The number of nitrogens with zero attached hydrogens (tertiary/aromatic N) is 4. The van der Waals surface area contributed by atoms with E-state index in [0.29, 0.717) is 17.7 Å². The van der Waals surface area contributed by atoms with Crippen molar-refractivity contribution in [2.24, 2.45) is 11.6 Å². The standard InChI is InChI=1S/C27H28FN7O3/c1-27(2,3)37-26(36)32-16-17-8-10-19(11-9-17)24-33-25(38-34-24)22(29)23(18-12-14-31-15-13-18)35(30)21-7-5-4-6-20(21)28/h4-15H,16,29-30H2,1-3H3,(H,32,36)/b23-22-. The molecule has 196 valence electrons. The maximum Gasteiger partial charge on any atom is 0.407 e. The summed E-state index contributed by atoms with van der Waals surface area (Å²) in [4.78, 5) is 20.3. The maximum atomic E-state index is 14.5. The van der Waals surface area contributed by atoms with E-state index in [0.717, 1.165) is 10.6 Å². The molecule has 0 saturated carbocycles. The van der Waals surface area contributed by atoms with Gasteiger partial charge in [0.15, 0.2) is 0 Å². The van der Waals surface area contributed by atoms with Crippen LogP contribution in [0.15, 0.2) is 77.6 Å². The van der Waals surface area contributed by atoms with E-state index >= 15 is 0 Å². The molecule has 10 nitrogen and oxygen atoms in total. The van der Waals surface area contributed by atoms with E-state index in [1.165, 1.54) is 12.1 Å². The molecule has 0 aliphatic heterocycles. The predicted octanol–water partition coefficient (Wildman–Crippen LogP) is 4.46. The molecule has 0 aliphatic rings. The first-order valence-electron chi connectivity index (χ1n) is 11.7. The number of pyridine rings is 1. The normalized spacial score (nSPS) is 12.0. The highest BCUT2D eigenvalue weighted by Crippen LogP contribution is 2.30. The third-order valence-corrected chi connectivity index (χ3v) is 5.27. The topological polar surface area (TPSA) is 145 Å². The lowest BCUT2D eigenvalue weighted by Gasteiger charge is -2.23. The monoisotopic (exact) mass is 517 g/mol. The number of halogens is 1. The number of carbonyl (C=O) groups is 1. The van der Waals surface area contributed by atoms with Crippen molar-refractivity contribution in [2.75, 3.05) is 5.01 Å². The zero-order valence-corrected chi connectivity index (χ0v) is 21.2. The zero-order valence-electron chi connectivity index (χ0n) is 21.2. The highest BCUT2D eigenvalue weighted by molar-refractivity contribution is 5.93. The zero-order chi connectivity index (χ0) is 27.3. The molecule has 0 saturated heterocycles. The second kappa shape index (κ2) is 11.1. The van der Waals surface area contributed by atoms with Gasteiger partial charge in [-0.2, -0.15) is 4.98 Å². The van der Waals surface area contributed by atoms with Crippen LogP contribution in [0.5, 0.6) is 0 Å². The van der Waals surface area contributed by atoms with Crippen LogP contribution >= 0.6 is 0 Å². The number of hydrogen-bond donors (Lipinski definition) is 3. The molecule has 0 radical (unpaired) electrons. The first kappa shape index (κ1) is 26.3. The molecule has 1 amide bonds. The number of nitrogens with one attached hydrogen (secondary N) is 1. The van der Waals surface area contributed by atoms with Crippen LogP contribution in [0.25, 0.3) is 22.8 Å². The number of benzene rings is 2. The van der Waals surface area contributed by atoms with Crippen molar-refractivity contribution >= 4 is 23.2 Å². The maximum absolute atomic E-state index is 14.5. The number of hydrazine groups is 1. The number of carbonyl (C=O) groups excluding carboxylic acids is 1. The van der Waals surface area contributed by atoms with Crippen LogP contribution in [0.2, 0.25) is 0 Å². The molecule has 11 heteroatoms. The molecule has 0 atom stereocenters. The van der Waals surface area contributed by atoms with E-state index < -0.39 is 17.5 Å². The first-order valence-corrected chi connectivity index (χ1v) is 11.7. The molecular weight excluding hydrogens is 489 g/mol. The quantitative estimate of drug-likeness (QED) is 0.239. The Labute approximate surface area is 219 Å². The Balaban J connectivity index is 1.58. The number of hydrogen-bond acceptors (Lipinski definition) is 9. The van der Waals surface area contributed by atoms with Crippen LogP contribution in [0.1, 0.15) is 37.8 Å². The van der Waals surface area contributed by atoms with Crippen molar-refractivity contribution in [1.29, 1.82) is 0 Å². The van der Waals surface area contributed by atoms with E-state index in [4.69, 9.17) is 20.8 Å². The number of nitrogens with two attached hydrogens (primary N) is 2. The summed E-state index contributed by atoms with van der Waals surface area (Å²) in [6.07, 6.45) is 2.63. The highest BCUT2D eigenvalue weighted by atomic mass is 19.1. The third-order valence-electron chi connectivity index (χ3n) is 5.27. The fraction of sp³-hybridized carbons (Fsp3) is 0.185. The SMILES string of the molecule is CC(C)(C)OC(=O)NCc1ccc(-c2noc(/C(N)=C(\c3ccncc3)N(N)c3ccccc3F)n2)cc1. The van der Waals surface area contributed by atoms with Gasteiger partial charge in [-0.1, -0.05) is 41.6 Å². The van der Waals surface area contributed by atoms with Gasteiger partial charge in [0, 0.05) is 30.1 Å². The van der Waals surface area contributed by atoms with Crippen molar-refractivity contribution < 1.29 is 18.4 Å². The summed E-state index contributed by atoms with van der Waals surface area (Å²) < 4.78 is 25.2. The summed E-state index contributed by atoms with van der Waals surface area (Å²) in [5.41, 5.74) is 8.39. The average molecular weight is 518 g/mol. The lowest BCUT2D eigenvalue weighted by Crippen LogP contribution is -2.32. The molecule has 4 rings (SSSR count). The van der Waals surface area contributed by atoms with Gasteiger partial charge >= 0.3 is 6.09 Å². The van der Waals surface area contributed by atoms with Crippen molar-refractivity contribution in [3.05, 3.63) is 95.9 Å². The molecule has 38 heavy (non-hydrogen) atoms. The number of rotatable bonds is 7. The van der Waals surface area contributed by atoms with E-state index in [-0.39, 0.29) is 28.8 Å². The van der Waals surface area contributed by atoms with Crippen molar-refractivity contribution in [2.45, 2.75) is 32.9 Å². The Bertz CT molecular complexity index is 1430.